The van der Waals surface area contributed by atoms with Gasteiger partial charge in [0.25, 0.3) is 6.47 Å². The third kappa shape index (κ3) is 5.25. The highest BCUT2D eigenvalue weighted by atomic mass is 16.3. The fraction of sp³-hybridized carbons (Fsp3) is 0.150. The van der Waals surface area contributed by atoms with Crippen LogP contribution < -0.4 is 5.32 Å². The van der Waals surface area contributed by atoms with Gasteiger partial charge in [-0.1, -0.05) is 18.2 Å². The van der Waals surface area contributed by atoms with E-state index in [9.17, 15) is 4.79 Å². The molecule has 0 fully saturated rings. The van der Waals surface area contributed by atoms with Crippen molar-refractivity contribution in [1.82, 2.24) is 24.3 Å². The van der Waals surface area contributed by atoms with Gasteiger partial charge < -0.3 is 15.0 Å². The van der Waals surface area contributed by atoms with E-state index in [4.69, 9.17) is 9.90 Å². The molecule has 0 aliphatic carbocycles. The number of nitrogens with one attached hydrogen (secondary N) is 1. The second kappa shape index (κ2) is 9.79. The van der Waals surface area contributed by atoms with Gasteiger partial charge in [-0.15, -0.1) is 0 Å². The van der Waals surface area contributed by atoms with E-state index in [2.05, 4.69) is 20.4 Å². The molecule has 0 spiro atoms. The van der Waals surface area contributed by atoms with Crippen LogP contribution >= 0.6 is 0 Å². The zero-order valence-electron chi connectivity index (χ0n) is 15.5. The molecule has 2 N–H and O–H groups in total. The Morgan fingerprint density at radius 2 is 1.97 bits per heavy atom. The Balaban J connectivity index is 0.000000755. The van der Waals surface area contributed by atoms with Crippen molar-refractivity contribution in [2.24, 2.45) is 0 Å². The SMILES string of the molecule is O=C(CCn1cnc2ccccc21)Nc1ccnn1Cc1cccnc1.O=CO. The van der Waals surface area contributed by atoms with Crippen LogP contribution in [-0.4, -0.2) is 41.8 Å². The Hall–Kier alpha value is -4.01. The molecule has 9 heteroatoms. The summed E-state index contributed by atoms with van der Waals surface area (Å²) in [5.41, 5.74) is 2.99. The largest absolute Gasteiger partial charge is 0.483 e. The number of hydrogen-bond acceptors (Lipinski definition) is 5. The third-order valence-corrected chi connectivity index (χ3v) is 4.15. The van der Waals surface area contributed by atoms with Gasteiger partial charge in [-0.25, -0.2) is 9.67 Å². The molecule has 1 amide bonds. The first-order valence-corrected chi connectivity index (χ1v) is 8.89. The molecule has 0 atom stereocenters. The van der Waals surface area contributed by atoms with E-state index in [0.717, 1.165) is 16.6 Å². The number of fused-ring (bicyclic) bond motifs is 1. The summed E-state index contributed by atoms with van der Waals surface area (Å²) in [5, 5.41) is 14.1. The summed E-state index contributed by atoms with van der Waals surface area (Å²) < 4.78 is 3.74. The Bertz CT molecular complexity index is 1070. The maximum absolute atomic E-state index is 12.3. The fourth-order valence-electron chi connectivity index (χ4n) is 2.85. The summed E-state index contributed by atoms with van der Waals surface area (Å²) in [6.45, 7) is 0.881. The maximum atomic E-state index is 12.3. The molecule has 0 radical (unpaired) electrons. The van der Waals surface area contributed by atoms with Crippen LogP contribution in [0.3, 0.4) is 0 Å². The normalized spacial score (nSPS) is 10.2. The molecule has 3 heterocycles. The number of aromatic nitrogens is 5. The van der Waals surface area contributed by atoms with Crippen LogP contribution in [0.1, 0.15) is 12.0 Å². The molecular weight excluding hydrogens is 372 g/mol. The molecule has 29 heavy (non-hydrogen) atoms. The number of anilines is 1. The minimum Gasteiger partial charge on any atom is -0.483 e. The van der Waals surface area contributed by atoms with E-state index in [1.165, 1.54) is 0 Å². The quantitative estimate of drug-likeness (QED) is 0.487. The van der Waals surface area contributed by atoms with E-state index in [1.54, 1.807) is 35.7 Å². The van der Waals surface area contributed by atoms with E-state index in [-0.39, 0.29) is 12.4 Å². The summed E-state index contributed by atoms with van der Waals surface area (Å²) in [6.07, 6.45) is 7.32. The maximum Gasteiger partial charge on any atom is 0.290 e. The van der Waals surface area contributed by atoms with Gasteiger partial charge in [-0.2, -0.15) is 5.10 Å². The lowest BCUT2D eigenvalue weighted by atomic mass is 10.3. The Kier molecular flexibility index (Phi) is 6.66. The average molecular weight is 392 g/mol. The van der Waals surface area contributed by atoms with E-state index in [0.29, 0.717) is 25.3 Å². The number of para-hydroxylation sites is 2. The zero-order chi connectivity index (χ0) is 20.5. The number of amides is 1. The first kappa shape index (κ1) is 19.7. The van der Waals surface area contributed by atoms with Crippen molar-refractivity contribution in [3.8, 4) is 0 Å². The Morgan fingerprint density at radius 1 is 1.14 bits per heavy atom. The van der Waals surface area contributed by atoms with Crippen LogP contribution in [0.5, 0.6) is 0 Å². The van der Waals surface area contributed by atoms with E-state index in [1.807, 2.05) is 41.0 Å². The topological polar surface area (TPSA) is 115 Å². The molecule has 0 aliphatic rings. The number of imidazole rings is 1. The number of pyridine rings is 1. The number of carbonyl (C=O) groups excluding carboxylic acids is 1. The number of carbonyl (C=O) groups is 2. The van der Waals surface area contributed by atoms with Gasteiger partial charge in [-0.05, 0) is 23.8 Å². The van der Waals surface area contributed by atoms with Crippen molar-refractivity contribution in [3.05, 3.63) is 72.9 Å². The van der Waals surface area contributed by atoms with Gasteiger partial charge in [0, 0.05) is 31.4 Å². The summed E-state index contributed by atoms with van der Waals surface area (Å²) >= 11 is 0. The molecule has 1 aromatic carbocycles. The van der Waals surface area contributed by atoms with Crippen molar-refractivity contribution in [1.29, 1.82) is 0 Å². The second-order valence-corrected chi connectivity index (χ2v) is 6.07. The lowest BCUT2D eigenvalue weighted by molar-refractivity contribution is -0.123. The highest BCUT2D eigenvalue weighted by Gasteiger charge is 2.09. The van der Waals surface area contributed by atoms with Crippen molar-refractivity contribution < 1.29 is 14.7 Å². The molecule has 0 bridgehead atoms. The van der Waals surface area contributed by atoms with Crippen molar-refractivity contribution in [2.45, 2.75) is 19.5 Å². The summed E-state index contributed by atoms with van der Waals surface area (Å²) in [5.74, 6) is 0.616. The number of nitrogens with zero attached hydrogens (tertiary/aromatic N) is 5. The first-order chi connectivity index (χ1) is 14.2. The van der Waals surface area contributed by atoms with Crippen molar-refractivity contribution in [2.75, 3.05) is 5.32 Å². The number of carboxylic acid groups (broad SMARTS) is 1. The summed E-state index contributed by atoms with van der Waals surface area (Å²) in [6, 6.07) is 13.5. The van der Waals surface area contributed by atoms with E-state index >= 15 is 0 Å². The molecule has 0 saturated carbocycles. The first-order valence-electron chi connectivity index (χ1n) is 8.89. The molecule has 3 aromatic heterocycles. The predicted octanol–water partition coefficient (Wildman–Crippen LogP) is 2.41. The smallest absolute Gasteiger partial charge is 0.290 e. The number of aryl methyl sites for hydroxylation is 1. The van der Waals surface area contributed by atoms with Crippen LogP contribution in [0.25, 0.3) is 11.0 Å². The molecule has 9 nitrogen and oxygen atoms in total. The third-order valence-electron chi connectivity index (χ3n) is 4.15. The lowest BCUT2D eigenvalue weighted by Crippen LogP contribution is -2.17. The number of rotatable bonds is 6. The Labute approximate surface area is 166 Å². The van der Waals surface area contributed by atoms with Gasteiger partial charge >= 0.3 is 0 Å². The lowest BCUT2D eigenvalue weighted by Gasteiger charge is -2.09. The molecule has 0 aliphatic heterocycles. The van der Waals surface area contributed by atoms with Gasteiger partial charge in [0.05, 0.1) is 30.1 Å². The second-order valence-electron chi connectivity index (χ2n) is 6.07. The van der Waals surface area contributed by atoms with Crippen LogP contribution in [-0.2, 0) is 22.7 Å². The van der Waals surface area contributed by atoms with Crippen molar-refractivity contribution in [3.63, 3.8) is 0 Å². The summed E-state index contributed by atoms with van der Waals surface area (Å²) in [7, 11) is 0. The van der Waals surface area contributed by atoms with Gasteiger partial charge in [-0.3, -0.25) is 14.6 Å². The zero-order valence-corrected chi connectivity index (χ0v) is 15.5. The fourth-order valence-corrected chi connectivity index (χ4v) is 2.85. The summed E-state index contributed by atoms with van der Waals surface area (Å²) in [4.78, 5) is 29.2. The highest BCUT2D eigenvalue weighted by Crippen LogP contribution is 2.13. The van der Waals surface area contributed by atoms with Gasteiger partial charge in [0.2, 0.25) is 5.91 Å². The standard InChI is InChI=1S/C19H18N6O.CH2O2/c26-19(8-11-24-14-21-16-5-1-2-6-17(16)24)23-18-7-10-22-25(18)13-15-4-3-9-20-12-15;2-1-3/h1-7,9-10,12,14H,8,11,13H2,(H,23,26);1H,(H,2,3). The van der Waals surface area contributed by atoms with Crippen LogP contribution in [0.15, 0.2) is 67.4 Å². The van der Waals surface area contributed by atoms with Crippen LogP contribution in [0.2, 0.25) is 0 Å². The molecule has 4 aromatic rings. The van der Waals surface area contributed by atoms with Crippen LogP contribution in [0.4, 0.5) is 5.82 Å². The van der Waals surface area contributed by atoms with Crippen molar-refractivity contribution >= 4 is 29.2 Å². The van der Waals surface area contributed by atoms with E-state index < -0.39 is 0 Å². The molecular formula is C20H20N6O3. The Morgan fingerprint density at radius 3 is 2.76 bits per heavy atom. The minimum atomic E-state index is -0.250. The average Bonchev–Trinajstić information content (AvgIpc) is 3.35. The molecule has 148 valence electrons. The van der Waals surface area contributed by atoms with Gasteiger partial charge in [0.15, 0.2) is 0 Å². The highest BCUT2D eigenvalue weighted by molar-refractivity contribution is 5.89. The monoisotopic (exact) mass is 392 g/mol. The van der Waals surface area contributed by atoms with Gasteiger partial charge in [0.1, 0.15) is 5.82 Å². The number of benzene rings is 1. The molecule has 0 unspecified atom stereocenters. The molecule has 4 rings (SSSR count). The molecule has 0 saturated heterocycles. The minimum absolute atomic E-state index is 0.0595. The predicted molar refractivity (Wildman–Crippen MR) is 107 cm³/mol. The number of hydrogen-bond donors (Lipinski definition) is 2. The van der Waals surface area contributed by atoms with Crippen LogP contribution in [0, 0.1) is 0 Å².